The Balaban J connectivity index is 3.13. The molecule has 1 unspecified atom stereocenters. The number of hydrogen-bond donors (Lipinski definition) is 3. The standard InChI is InChI=1S/C13H20N4O3/c1-4-10(8(2)3)15-13(18)9-6-5-7-11(16-14)12(9)17(19)20/h5-8,10,16H,4,14H2,1-3H3,(H,15,18). The zero-order valence-electron chi connectivity index (χ0n) is 11.8. The molecule has 0 aliphatic rings. The van der Waals surface area contributed by atoms with E-state index in [4.69, 9.17) is 5.84 Å². The number of nitrogens with zero attached hydrogens (tertiary/aromatic N) is 1. The van der Waals surface area contributed by atoms with Crippen molar-refractivity contribution in [3.63, 3.8) is 0 Å². The van der Waals surface area contributed by atoms with Crippen molar-refractivity contribution in [3.05, 3.63) is 33.9 Å². The second-order valence-electron chi connectivity index (χ2n) is 4.84. The van der Waals surface area contributed by atoms with Crippen molar-refractivity contribution in [2.45, 2.75) is 33.2 Å². The highest BCUT2D eigenvalue weighted by atomic mass is 16.6. The Bertz CT molecular complexity index is 502. The van der Waals surface area contributed by atoms with Crippen LogP contribution in [-0.4, -0.2) is 16.9 Å². The van der Waals surface area contributed by atoms with Crippen molar-refractivity contribution >= 4 is 17.3 Å². The van der Waals surface area contributed by atoms with Gasteiger partial charge in [0, 0.05) is 6.04 Å². The largest absolute Gasteiger partial charge is 0.349 e. The smallest absolute Gasteiger partial charge is 0.306 e. The molecule has 110 valence electrons. The quantitative estimate of drug-likeness (QED) is 0.419. The summed E-state index contributed by atoms with van der Waals surface area (Å²) in [5.74, 6) is 5.03. The van der Waals surface area contributed by atoms with E-state index in [0.29, 0.717) is 0 Å². The van der Waals surface area contributed by atoms with Gasteiger partial charge < -0.3 is 10.7 Å². The van der Waals surface area contributed by atoms with Crippen molar-refractivity contribution in [1.29, 1.82) is 0 Å². The number of nitro benzene ring substituents is 1. The van der Waals surface area contributed by atoms with E-state index in [0.717, 1.165) is 6.42 Å². The van der Waals surface area contributed by atoms with Crippen LogP contribution in [0.1, 0.15) is 37.6 Å². The summed E-state index contributed by atoms with van der Waals surface area (Å²) in [5, 5.41) is 13.9. The third-order valence-electron chi connectivity index (χ3n) is 3.18. The molecule has 1 rings (SSSR count). The van der Waals surface area contributed by atoms with Crippen molar-refractivity contribution in [3.8, 4) is 0 Å². The van der Waals surface area contributed by atoms with Gasteiger partial charge in [-0.1, -0.05) is 26.8 Å². The molecule has 1 aromatic carbocycles. The number of nitrogen functional groups attached to an aromatic ring is 1. The van der Waals surface area contributed by atoms with Gasteiger partial charge in [0.2, 0.25) is 0 Å². The third kappa shape index (κ3) is 3.45. The summed E-state index contributed by atoms with van der Waals surface area (Å²) in [6, 6.07) is 4.39. The van der Waals surface area contributed by atoms with Gasteiger partial charge in [0.1, 0.15) is 11.3 Å². The van der Waals surface area contributed by atoms with Crippen LogP contribution in [0.4, 0.5) is 11.4 Å². The molecule has 0 saturated carbocycles. The number of nitrogens with one attached hydrogen (secondary N) is 2. The Kier molecular flexibility index (Phi) is 5.45. The maximum atomic E-state index is 12.2. The molecule has 0 aliphatic carbocycles. The first-order chi connectivity index (χ1) is 9.42. The number of hydrogen-bond acceptors (Lipinski definition) is 5. The van der Waals surface area contributed by atoms with Crippen molar-refractivity contribution in [2.75, 3.05) is 5.43 Å². The molecule has 7 heteroatoms. The Morgan fingerprint density at radius 3 is 2.55 bits per heavy atom. The van der Waals surface area contributed by atoms with E-state index in [2.05, 4.69) is 10.7 Å². The molecule has 4 N–H and O–H groups in total. The lowest BCUT2D eigenvalue weighted by atomic mass is 10.0. The summed E-state index contributed by atoms with van der Waals surface area (Å²) in [7, 11) is 0. The summed E-state index contributed by atoms with van der Waals surface area (Å²) in [4.78, 5) is 22.7. The monoisotopic (exact) mass is 280 g/mol. The summed E-state index contributed by atoms with van der Waals surface area (Å²) in [6.07, 6.45) is 0.756. The average Bonchev–Trinajstić information content (AvgIpc) is 2.42. The molecule has 0 spiro atoms. The number of nitro groups is 1. The molecule has 0 bridgehead atoms. The van der Waals surface area contributed by atoms with Gasteiger partial charge in [-0.15, -0.1) is 0 Å². The van der Waals surface area contributed by atoms with E-state index in [9.17, 15) is 14.9 Å². The topological polar surface area (TPSA) is 110 Å². The predicted octanol–water partition coefficient (Wildman–Crippen LogP) is 2.04. The minimum absolute atomic E-state index is 0.00421. The van der Waals surface area contributed by atoms with Gasteiger partial charge in [-0.05, 0) is 24.5 Å². The Morgan fingerprint density at radius 2 is 2.10 bits per heavy atom. The number of amides is 1. The fourth-order valence-corrected chi connectivity index (χ4v) is 2.03. The first-order valence-electron chi connectivity index (χ1n) is 6.47. The zero-order valence-corrected chi connectivity index (χ0v) is 11.8. The molecule has 0 saturated heterocycles. The Labute approximate surface area is 117 Å². The van der Waals surface area contributed by atoms with Gasteiger partial charge in [0.15, 0.2) is 0 Å². The first-order valence-corrected chi connectivity index (χ1v) is 6.47. The number of nitrogens with two attached hydrogens (primary N) is 1. The number of carbonyl (C=O) groups is 1. The van der Waals surface area contributed by atoms with Gasteiger partial charge >= 0.3 is 5.69 Å². The predicted molar refractivity (Wildman–Crippen MR) is 77.3 cm³/mol. The minimum Gasteiger partial charge on any atom is -0.349 e. The summed E-state index contributed by atoms with van der Waals surface area (Å²) in [5.41, 5.74) is 2.04. The fraction of sp³-hybridized carbons (Fsp3) is 0.462. The highest BCUT2D eigenvalue weighted by Gasteiger charge is 2.25. The van der Waals surface area contributed by atoms with Crippen LogP contribution in [0.3, 0.4) is 0 Å². The van der Waals surface area contributed by atoms with Crippen LogP contribution < -0.4 is 16.6 Å². The average molecular weight is 280 g/mol. The SMILES string of the molecule is CCC(NC(=O)c1cccc(NN)c1[N+](=O)[O-])C(C)C. The number of anilines is 1. The molecule has 1 atom stereocenters. The van der Waals surface area contributed by atoms with Crippen LogP contribution in [0.2, 0.25) is 0 Å². The van der Waals surface area contributed by atoms with Crippen LogP contribution in [0, 0.1) is 16.0 Å². The van der Waals surface area contributed by atoms with E-state index in [1.165, 1.54) is 12.1 Å². The highest BCUT2D eigenvalue weighted by molar-refractivity contribution is 6.00. The summed E-state index contributed by atoms with van der Waals surface area (Å²) in [6.45, 7) is 5.93. The lowest BCUT2D eigenvalue weighted by Gasteiger charge is -2.20. The Hall–Kier alpha value is -2.15. The molecule has 7 nitrogen and oxygen atoms in total. The molecular weight excluding hydrogens is 260 g/mol. The molecule has 1 aromatic rings. The van der Waals surface area contributed by atoms with Crippen molar-refractivity contribution < 1.29 is 9.72 Å². The number of para-hydroxylation sites is 1. The minimum atomic E-state index is -0.611. The number of hydrazine groups is 1. The van der Waals surface area contributed by atoms with Crippen LogP contribution in [0.5, 0.6) is 0 Å². The third-order valence-corrected chi connectivity index (χ3v) is 3.18. The second kappa shape index (κ2) is 6.85. The van der Waals surface area contributed by atoms with Crippen LogP contribution in [-0.2, 0) is 0 Å². The van der Waals surface area contributed by atoms with E-state index >= 15 is 0 Å². The Morgan fingerprint density at radius 1 is 1.45 bits per heavy atom. The van der Waals surface area contributed by atoms with E-state index < -0.39 is 10.8 Å². The molecule has 0 aliphatic heterocycles. The van der Waals surface area contributed by atoms with Gasteiger partial charge in [-0.25, -0.2) is 0 Å². The highest BCUT2D eigenvalue weighted by Crippen LogP contribution is 2.28. The lowest BCUT2D eigenvalue weighted by Crippen LogP contribution is -2.38. The van der Waals surface area contributed by atoms with Crippen LogP contribution in [0.15, 0.2) is 18.2 Å². The second-order valence-corrected chi connectivity index (χ2v) is 4.84. The molecule has 0 radical (unpaired) electrons. The van der Waals surface area contributed by atoms with E-state index in [-0.39, 0.29) is 28.9 Å². The molecule has 20 heavy (non-hydrogen) atoms. The molecule has 1 amide bonds. The van der Waals surface area contributed by atoms with Gasteiger partial charge in [-0.2, -0.15) is 0 Å². The van der Waals surface area contributed by atoms with Crippen molar-refractivity contribution in [2.24, 2.45) is 11.8 Å². The molecule has 0 fully saturated rings. The van der Waals surface area contributed by atoms with Gasteiger partial charge in [0.05, 0.1) is 4.92 Å². The number of rotatable bonds is 6. The maximum absolute atomic E-state index is 12.2. The first kappa shape index (κ1) is 15.9. The van der Waals surface area contributed by atoms with Gasteiger partial charge in [-0.3, -0.25) is 20.8 Å². The molecular formula is C13H20N4O3. The summed E-state index contributed by atoms with van der Waals surface area (Å²) < 4.78 is 0. The zero-order chi connectivity index (χ0) is 15.3. The van der Waals surface area contributed by atoms with E-state index in [1.807, 2.05) is 20.8 Å². The number of carbonyl (C=O) groups excluding carboxylic acids is 1. The molecule has 0 aromatic heterocycles. The normalized spacial score (nSPS) is 12.1. The fourth-order valence-electron chi connectivity index (χ4n) is 2.03. The van der Waals surface area contributed by atoms with Crippen molar-refractivity contribution in [1.82, 2.24) is 5.32 Å². The van der Waals surface area contributed by atoms with E-state index in [1.54, 1.807) is 6.07 Å². The van der Waals surface area contributed by atoms with Crippen LogP contribution in [0.25, 0.3) is 0 Å². The lowest BCUT2D eigenvalue weighted by molar-refractivity contribution is -0.384. The van der Waals surface area contributed by atoms with Crippen LogP contribution >= 0.6 is 0 Å². The van der Waals surface area contributed by atoms with Gasteiger partial charge in [0.25, 0.3) is 5.91 Å². The molecule has 0 heterocycles. The number of benzene rings is 1. The summed E-state index contributed by atoms with van der Waals surface area (Å²) >= 11 is 0. The maximum Gasteiger partial charge on any atom is 0.306 e.